The van der Waals surface area contributed by atoms with Crippen LogP contribution in [0.4, 0.5) is 10.1 Å². The second-order valence-electron chi connectivity index (χ2n) is 6.28. The number of nitro benzene ring substituents is 1. The number of aromatic nitrogens is 1. The topological polar surface area (TPSA) is 102 Å². The molecule has 0 radical (unpaired) electrons. The molecular weight excluding hydrogens is 411 g/mol. The number of hydrogen-bond acceptors (Lipinski definition) is 8. The van der Waals surface area contributed by atoms with E-state index in [4.69, 9.17) is 23.7 Å². The molecule has 0 spiro atoms. The monoisotopic (exact) mass is 432 g/mol. The molecule has 0 fully saturated rings. The third-order valence-electron chi connectivity index (χ3n) is 4.20. The lowest BCUT2D eigenvalue weighted by atomic mass is 10.1. The van der Waals surface area contributed by atoms with Crippen molar-refractivity contribution in [3.63, 3.8) is 0 Å². The number of benzene rings is 2. The van der Waals surface area contributed by atoms with Crippen molar-refractivity contribution < 1.29 is 33.0 Å². The third-order valence-corrected chi connectivity index (χ3v) is 4.20. The SMILES string of the molecule is COCCOc1cc2nccc(Oc3ccc([N+](=O)[O-])cc3F)c2cc1OCCOC. The van der Waals surface area contributed by atoms with Gasteiger partial charge in [0.05, 0.1) is 29.7 Å². The van der Waals surface area contributed by atoms with Gasteiger partial charge in [0.25, 0.3) is 5.69 Å². The van der Waals surface area contributed by atoms with Crippen molar-refractivity contribution in [2.24, 2.45) is 0 Å². The van der Waals surface area contributed by atoms with Gasteiger partial charge in [0.1, 0.15) is 19.0 Å². The normalized spacial score (nSPS) is 10.8. The molecule has 1 aromatic heterocycles. The summed E-state index contributed by atoms with van der Waals surface area (Å²) in [6.07, 6.45) is 1.51. The van der Waals surface area contributed by atoms with Gasteiger partial charge in [-0.2, -0.15) is 0 Å². The van der Waals surface area contributed by atoms with E-state index in [0.717, 1.165) is 6.07 Å². The first-order valence-electron chi connectivity index (χ1n) is 9.31. The number of methoxy groups -OCH3 is 2. The smallest absolute Gasteiger partial charge is 0.272 e. The molecule has 0 atom stereocenters. The minimum Gasteiger partial charge on any atom is -0.487 e. The molecule has 0 bridgehead atoms. The number of nitro groups is 1. The summed E-state index contributed by atoms with van der Waals surface area (Å²) in [7, 11) is 3.14. The number of halogens is 1. The summed E-state index contributed by atoms with van der Waals surface area (Å²) >= 11 is 0. The number of rotatable bonds is 11. The summed E-state index contributed by atoms with van der Waals surface area (Å²) in [4.78, 5) is 14.5. The average molecular weight is 432 g/mol. The summed E-state index contributed by atoms with van der Waals surface area (Å²) in [5.74, 6) is 0.197. The van der Waals surface area contributed by atoms with Gasteiger partial charge < -0.3 is 23.7 Å². The zero-order valence-electron chi connectivity index (χ0n) is 17.0. The van der Waals surface area contributed by atoms with Crippen molar-refractivity contribution >= 4 is 16.6 Å². The number of pyridine rings is 1. The van der Waals surface area contributed by atoms with Gasteiger partial charge >= 0.3 is 0 Å². The van der Waals surface area contributed by atoms with Gasteiger partial charge in [0.15, 0.2) is 23.1 Å². The van der Waals surface area contributed by atoms with Gasteiger partial charge in [-0.1, -0.05) is 0 Å². The fourth-order valence-corrected chi connectivity index (χ4v) is 2.72. The molecular formula is C21H21FN2O7. The van der Waals surface area contributed by atoms with Crippen molar-refractivity contribution in [2.75, 3.05) is 40.6 Å². The van der Waals surface area contributed by atoms with Crippen molar-refractivity contribution in [2.45, 2.75) is 0 Å². The molecule has 3 aromatic rings. The molecule has 1 heterocycles. The second kappa shape index (κ2) is 10.5. The Morgan fingerprint density at radius 1 is 0.903 bits per heavy atom. The molecule has 0 aliphatic rings. The Labute approximate surface area is 177 Å². The molecule has 0 N–H and O–H groups in total. The highest BCUT2D eigenvalue weighted by Crippen LogP contribution is 2.38. The highest BCUT2D eigenvalue weighted by Gasteiger charge is 2.16. The summed E-state index contributed by atoms with van der Waals surface area (Å²) in [6, 6.07) is 8.11. The van der Waals surface area contributed by atoms with Crippen LogP contribution >= 0.6 is 0 Å². The Morgan fingerprint density at radius 3 is 2.19 bits per heavy atom. The van der Waals surface area contributed by atoms with E-state index in [0.29, 0.717) is 48.0 Å². The van der Waals surface area contributed by atoms with Crippen LogP contribution in [-0.2, 0) is 9.47 Å². The Morgan fingerprint density at radius 2 is 1.58 bits per heavy atom. The van der Waals surface area contributed by atoms with Crippen LogP contribution < -0.4 is 14.2 Å². The molecule has 9 nitrogen and oxygen atoms in total. The number of fused-ring (bicyclic) bond motifs is 1. The van der Waals surface area contributed by atoms with E-state index < -0.39 is 10.7 Å². The zero-order valence-corrected chi connectivity index (χ0v) is 17.0. The van der Waals surface area contributed by atoms with Crippen molar-refractivity contribution in [1.82, 2.24) is 4.98 Å². The number of nitrogens with zero attached hydrogens (tertiary/aromatic N) is 2. The average Bonchev–Trinajstić information content (AvgIpc) is 2.75. The van der Waals surface area contributed by atoms with E-state index in [2.05, 4.69) is 4.98 Å². The Balaban J connectivity index is 1.96. The van der Waals surface area contributed by atoms with Crippen LogP contribution in [0.2, 0.25) is 0 Å². The van der Waals surface area contributed by atoms with Gasteiger partial charge in [0.2, 0.25) is 0 Å². The van der Waals surface area contributed by atoms with Crippen molar-refractivity contribution in [3.05, 3.63) is 58.5 Å². The Hall–Kier alpha value is -3.50. The highest BCUT2D eigenvalue weighted by molar-refractivity contribution is 5.88. The van der Waals surface area contributed by atoms with Gasteiger partial charge in [-0.25, -0.2) is 4.39 Å². The lowest BCUT2D eigenvalue weighted by Crippen LogP contribution is -2.08. The molecule has 0 saturated carbocycles. The molecule has 0 unspecified atom stereocenters. The van der Waals surface area contributed by atoms with Crippen LogP contribution in [0.1, 0.15) is 0 Å². The maximum atomic E-state index is 14.3. The van der Waals surface area contributed by atoms with E-state index in [1.807, 2.05) is 0 Å². The molecule has 3 rings (SSSR count). The predicted octanol–water partition coefficient (Wildman–Crippen LogP) is 4.12. The quantitative estimate of drug-likeness (QED) is 0.253. The van der Waals surface area contributed by atoms with Gasteiger partial charge in [-0.05, 0) is 18.2 Å². The van der Waals surface area contributed by atoms with Gasteiger partial charge in [-0.3, -0.25) is 15.1 Å². The molecule has 164 valence electrons. The molecule has 0 saturated heterocycles. The summed E-state index contributed by atoms with van der Waals surface area (Å²) in [5.41, 5.74) is 0.169. The molecule has 0 amide bonds. The molecule has 0 aliphatic heterocycles. The standard InChI is InChI=1S/C21H21FN2O7/c1-27-7-9-29-20-12-15-17(13-21(20)30-10-8-28-2)23-6-5-18(15)31-19-4-3-14(24(25)26)11-16(19)22/h3-6,11-13H,7-10H2,1-2H3. The highest BCUT2D eigenvalue weighted by atomic mass is 19.1. The van der Waals surface area contributed by atoms with E-state index >= 15 is 0 Å². The van der Waals surface area contributed by atoms with Crippen LogP contribution in [-0.4, -0.2) is 50.6 Å². The lowest BCUT2D eigenvalue weighted by Gasteiger charge is -2.15. The number of ether oxygens (including phenoxy) is 5. The molecule has 0 aliphatic carbocycles. The fourth-order valence-electron chi connectivity index (χ4n) is 2.72. The third kappa shape index (κ3) is 5.56. The van der Waals surface area contributed by atoms with E-state index in [-0.39, 0.29) is 18.0 Å². The largest absolute Gasteiger partial charge is 0.487 e. The molecule has 10 heteroatoms. The fraction of sp³-hybridized carbons (Fsp3) is 0.286. The van der Waals surface area contributed by atoms with E-state index in [1.165, 1.54) is 18.3 Å². The van der Waals surface area contributed by atoms with E-state index in [9.17, 15) is 14.5 Å². The minimum atomic E-state index is -0.852. The van der Waals surface area contributed by atoms with Crippen LogP contribution in [0, 0.1) is 15.9 Å². The summed E-state index contributed by atoms with van der Waals surface area (Å²) in [5, 5.41) is 11.4. The summed E-state index contributed by atoms with van der Waals surface area (Å²) < 4.78 is 41.5. The zero-order chi connectivity index (χ0) is 22.2. The van der Waals surface area contributed by atoms with Crippen molar-refractivity contribution in [1.29, 1.82) is 0 Å². The maximum absolute atomic E-state index is 14.3. The molecule has 31 heavy (non-hydrogen) atoms. The lowest BCUT2D eigenvalue weighted by molar-refractivity contribution is -0.385. The number of non-ortho nitro benzene ring substituents is 1. The summed E-state index contributed by atoms with van der Waals surface area (Å²) in [6.45, 7) is 1.37. The van der Waals surface area contributed by atoms with Crippen LogP contribution in [0.3, 0.4) is 0 Å². The second-order valence-corrected chi connectivity index (χ2v) is 6.28. The minimum absolute atomic E-state index is 0.152. The predicted molar refractivity (Wildman–Crippen MR) is 110 cm³/mol. The van der Waals surface area contributed by atoms with Crippen LogP contribution in [0.15, 0.2) is 42.6 Å². The van der Waals surface area contributed by atoms with Crippen molar-refractivity contribution in [3.8, 4) is 23.0 Å². The molecule has 2 aromatic carbocycles. The van der Waals surface area contributed by atoms with Crippen LogP contribution in [0.5, 0.6) is 23.0 Å². The Bertz CT molecular complexity index is 1060. The van der Waals surface area contributed by atoms with E-state index in [1.54, 1.807) is 32.4 Å². The first-order valence-corrected chi connectivity index (χ1v) is 9.31. The van der Waals surface area contributed by atoms with Crippen LogP contribution in [0.25, 0.3) is 10.9 Å². The number of hydrogen-bond donors (Lipinski definition) is 0. The van der Waals surface area contributed by atoms with Gasteiger partial charge in [0, 0.05) is 37.9 Å². The maximum Gasteiger partial charge on any atom is 0.272 e. The Kier molecular flexibility index (Phi) is 7.52. The first kappa shape index (κ1) is 22.2. The first-order chi connectivity index (χ1) is 15.0. The van der Waals surface area contributed by atoms with Gasteiger partial charge in [-0.15, -0.1) is 0 Å².